The van der Waals surface area contributed by atoms with E-state index in [0.29, 0.717) is 24.7 Å². The molecule has 0 saturated carbocycles. The molecule has 16 nitrogen and oxygen atoms in total. The predicted octanol–water partition coefficient (Wildman–Crippen LogP) is 4.32. The highest BCUT2D eigenvalue weighted by Crippen LogP contribution is 2.33. The zero-order valence-electron chi connectivity index (χ0n) is 31.5. The van der Waals surface area contributed by atoms with Crippen LogP contribution in [0.25, 0.3) is 24.3 Å². The first-order valence-electron chi connectivity index (χ1n) is 18.0. The zero-order chi connectivity index (χ0) is 38.8. The van der Waals surface area contributed by atoms with Gasteiger partial charge < -0.3 is 49.3 Å². The van der Waals surface area contributed by atoms with Crippen molar-refractivity contribution in [1.82, 2.24) is 40.4 Å². The maximum Gasteiger partial charge on any atom is 0.407 e. The number of H-pyrrole nitrogens is 2. The summed E-state index contributed by atoms with van der Waals surface area (Å²) in [6.07, 6.45) is 11.9. The first kappa shape index (κ1) is 39.7. The molecule has 0 aliphatic carbocycles. The number of benzene rings is 1. The number of amides is 4. The van der Waals surface area contributed by atoms with Gasteiger partial charge in [0.1, 0.15) is 23.7 Å². The molecule has 1 aromatic carbocycles. The summed E-state index contributed by atoms with van der Waals surface area (Å²) >= 11 is 0. The van der Waals surface area contributed by atoms with Gasteiger partial charge in [-0.15, -0.1) is 0 Å². The Hall–Kier alpha value is -5.48. The van der Waals surface area contributed by atoms with Gasteiger partial charge in [-0.1, -0.05) is 36.4 Å². The normalized spacial score (nSPS) is 19.5. The van der Waals surface area contributed by atoms with Gasteiger partial charge >= 0.3 is 12.2 Å². The molecule has 0 bridgehead atoms. The summed E-state index contributed by atoms with van der Waals surface area (Å²) in [5.41, 5.74) is 3.57. The van der Waals surface area contributed by atoms with Crippen LogP contribution in [0.3, 0.4) is 0 Å². The largest absolute Gasteiger partial charge is 0.453 e. The van der Waals surface area contributed by atoms with Crippen LogP contribution in [0.1, 0.15) is 85.8 Å². The fraction of sp³-hybridized carbons (Fsp3) is 0.474. The standard InChI is InChI=1S/C38H50N8O8/c1-23(51-3)31(43-37(49)53-5)35(47)45-19-7-9-29(45)33-39-21-27(41-33)17-15-25-11-13-26(14-12-25)16-18-28-22-40-34(42-28)30-10-8-20-46(30)36(48)32(24(2)52-4)44-38(50)54-6/h11-18,21-24,29-32H,7-10,19-20H2,1-6H3,(H,39,41)(H,40,42)(H,43,49)(H,44,50)/t23-,24-,29+,30+,31+,32+/m1/s1. The van der Waals surface area contributed by atoms with Crippen molar-refractivity contribution < 1.29 is 38.1 Å². The average Bonchev–Trinajstić information content (AvgIpc) is 4.03. The van der Waals surface area contributed by atoms with E-state index in [0.717, 1.165) is 48.2 Å². The van der Waals surface area contributed by atoms with E-state index in [1.54, 1.807) is 36.0 Å². The van der Waals surface area contributed by atoms with Crippen LogP contribution < -0.4 is 10.6 Å². The molecule has 0 radical (unpaired) electrons. The third-order valence-corrected chi connectivity index (χ3v) is 9.91. The van der Waals surface area contributed by atoms with Crippen LogP contribution in [0, 0.1) is 0 Å². The lowest BCUT2D eigenvalue weighted by atomic mass is 10.1. The Morgan fingerprint density at radius 3 is 1.43 bits per heavy atom. The molecule has 2 aromatic heterocycles. The number of rotatable bonds is 14. The van der Waals surface area contributed by atoms with Gasteiger partial charge in [0.2, 0.25) is 11.8 Å². The van der Waals surface area contributed by atoms with Crippen LogP contribution >= 0.6 is 0 Å². The molecule has 4 amide bonds. The van der Waals surface area contributed by atoms with E-state index in [1.165, 1.54) is 28.4 Å². The number of carbonyl (C=O) groups excluding carboxylic acids is 4. The highest BCUT2D eigenvalue weighted by atomic mass is 16.5. The molecule has 4 N–H and O–H groups in total. The second-order valence-corrected chi connectivity index (χ2v) is 13.3. The lowest BCUT2D eigenvalue weighted by Crippen LogP contribution is -2.54. The number of alkyl carbamates (subject to hydrolysis) is 2. The van der Waals surface area contributed by atoms with Gasteiger partial charge in [0.25, 0.3) is 0 Å². The van der Waals surface area contributed by atoms with Gasteiger partial charge in [-0.05, 0) is 62.8 Å². The maximum absolute atomic E-state index is 13.5. The molecule has 4 heterocycles. The van der Waals surface area contributed by atoms with Crippen molar-refractivity contribution in [2.75, 3.05) is 41.5 Å². The molecule has 6 atom stereocenters. The van der Waals surface area contributed by atoms with E-state index in [1.807, 2.05) is 48.6 Å². The quantitative estimate of drug-likeness (QED) is 0.185. The summed E-state index contributed by atoms with van der Waals surface area (Å²) in [6.45, 7) is 4.54. The molecule has 16 heteroatoms. The monoisotopic (exact) mass is 746 g/mol. The van der Waals surface area contributed by atoms with E-state index in [2.05, 4.69) is 30.6 Å². The molecular formula is C38H50N8O8. The second kappa shape index (κ2) is 18.5. The van der Waals surface area contributed by atoms with Crippen molar-refractivity contribution >= 4 is 48.3 Å². The number of nitrogens with zero attached hydrogens (tertiary/aromatic N) is 4. The van der Waals surface area contributed by atoms with E-state index < -0.39 is 36.5 Å². The van der Waals surface area contributed by atoms with Gasteiger partial charge in [-0.25, -0.2) is 19.6 Å². The first-order chi connectivity index (χ1) is 26.1. The minimum atomic E-state index is -0.893. The maximum atomic E-state index is 13.5. The number of carbonyl (C=O) groups is 4. The molecule has 0 spiro atoms. The van der Waals surface area contributed by atoms with E-state index in [4.69, 9.17) is 18.9 Å². The topological polar surface area (TPSA) is 193 Å². The molecule has 2 saturated heterocycles. The van der Waals surface area contributed by atoms with Crippen molar-refractivity contribution in [2.45, 2.75) is 75.9 Å². The molecule has 290 valence electrons. The van der Waals surface area contributed by atoms with Crippen LogP contribution in [-0.2, 0) is 28.5 Å². The highest BCUT2D eigenvalue weighted by molar-refractivity contribution is 5.87. The third-order valence-electron chi connectivity index (χ3n) is 9.91. The van der Waals surface area contributed by atoms with E-state index >= 15 is 0 Å². The summed E-state index contributed by atoms with van der Waals surface area (Å²) in [5.74, 6) is 0.852. The van der Waals surface area contributed by atoms with Gasteiger partial charge in [0, 0.05) is 27.3 Å². The Labute approximate surface area is 314 Å². The van der Waals surface area contributed by atoms with Gasteiger partial charge in [0.05, 0.1) is 62.3 Å². The van der Waals surface area contributed by atoms with Crippen molar-refractivity contribution in [2.24, 2.45) is 0 Å². The number of methoxy groups -OCH3 is 4. The summed E-state index contributed by atoms with van der Waals surface area (Å²) < 4.78 is 20.2. The smallest absolute Gasteiger partial charge is 0.407 e. The molecule has 5 rings (SSSR count). The number of hydrogen-bond acceptors (Lipinski definition) is 10. The van der Waals surface area contributed by atoms with Gasteiger partial charge in [-0.2, -0.15) is 0 Å². The Morgan fingerprint density at radius 1 is 0.685 bits per heavy atom. The third kappa shape index (κ3) is 9.54. The number of hydrogen-bond donors (Lipinski definition) is 4. The summed E-state index contributed by atoms with van der Waals surface area (Å²) in [7, 11) is 5.49. The van der Waals surface area contributed by atoms with Crippen molar-refractivity contribution in [1.29, 1.82) is 0 Å². The van der Waals surface area contributed by atoms with Crippen LogP contribution in [0.5, 0.6) is 0 Å². The molecule has 2 aliphatic heterocycles. The lowest BCUT2D eigenvalue weighted by Gasteiger charge is -2.30. The minimum absolute atomic E-state index is 0.252. The van der Waals surface area contributed by atoms with E-state index in [-0.39, 0.29) is 23.9 Å². The highest BCUT2D eigenvalue weighted by Gasteiger charge is 2.40. The first-order valence-corrected chi connectivity index (χ1v) is 18.0. The number of ether oxygens (including phenoxy) is 4. The number of likely N-dealkylation sites (tertiary alicyclic amines) is 2. The molecule has 0 unspecified atom stereocenters. The van der Waals surface area contributed by atoms with Gasteiger partial charge in [0.15, 0.2) is 0 Å². The lowest BCUT2D eigenvalue weighted by molar-refractivity contribution is -0.138. The van der Waals surface area contributed by atoms with Crippen molar-refractivity contribution in [3.63, 3.8) is 0 Å². The van der Waals surface area contributed by atoms with Crippen molar-refractivity contribution in [3.8, 4) is 0 Å². The SMILES string of the molecule is COC(=O)N[C@H](C(=O)N1CCC[C@H]1c1ncc(C=Cc2ccc(C=Cc3cnc([C@@H]4CCCN4C(=O)[C@@H](NC(=O)OC)[C@@H](C)OC)[nH]3)cc2)[nH]1)[C@@H](C)OC. The number of aromatic nitrogens is 4. The fourth-order valence-electron chi connectivity index (χ4n) is 6.69. The Morgan fingerprint density at radius 2 is 1.07 bits per heavy atom. The molecule has 3 aromatic rings. The molecular weight excluding hydrogens is 696 g/mol. The number of imidazole rings is 2. The van der Waals surface area contributed by atoms with E-state index in [9.17, 15) is 19.2 Å². The minimum Gasteiger partial charge on any atom is -0.453 e. The van der Waals surface area contributed by atoms with Gasteiger partial charge in [-0.3, -0.25) is 9.59 Å². The van der Waals surface area contributed by atoms with Crippen molar-refractivity contribution in [3.05, 3.63) is 70.8 Å². The average molecular weight is 747 g/mol. The number of aromatic amines is 2. The van der Waals surface area contributed by atoms with Crippen LogP contribution in [0.4, 0.5) is 9.59 Å². The molecule has 2 fully saturated rings. The summed E-state index contributed by atoms with van der Waals surface area (Å²) in [6, 6.07) is 5.74. The molecule has 54 heavy (non-hydrogen) atoms. The predicted molar refractivity (Wildman–Crippen MR) is 200 cm³/mol. The summed E-state index contributed by atoms with van der Waals surface area (Å²) in [4.78, 5) is 70.2. The zero-order valence-corrected chi connectivity index (χ0v) is 31.5. The second-order valence-electron chi connectivity index (χ2n) is 13.3. The summed E-state index contributed by atoms with van der Waals surface area (Å²) in [5, 5.41) is 5.21. The Balaban J connectivity index is 1.18. The number of nitrogens with one attached hydrogen (secondary N) is 4. The van der Waals surface area contributed by atoms with Crippen LogP contribution in [0.15, 0.2) is 36.7 Å². The fourth-order valence-corrected chi connectivity index (χ4v) is 6.69. The Kier molecular flexibility index (Phi) is 13.6. The molecule has 2 aliphatic rings. The van der Waals surface area contributed by atoms with Crippen LogP contribution in [0.2, 0.25) is 0 Å². The Bertz CT molecular complexity index is 1670. The van der Waals surface area contributed by atoms with Crippen LogP contribution in [-0.4, -0.2) is 120 Å².